The quantitative estimate of drug-likeness (QED) is 0.906. The Bertz CT molecular complexity index is 459. The SMILES string of the molecule is CCCN(C[C@@H]1CCCCO1)C(=O)Nc1cncc(C)c1. The molecule has 2 heterocycles. The van der Waals surface area contributed by atoms with Crippen molar-refractivity contribution in [3.63, 3.8) is 0 Å². The van der Waals surface area contributed by atoms with Gasteiger partial charge in [0.15, 0.2) is 0 Å². The van der Waals surface area contributed by atoms with Crippen molar-refractivity contribution in [2.45, 2.75) is 45.6 Å². The van der Waals surface area contributed by atoms with Gasteiger partial charge < -0.3 is 15.0 Å². The number of rotatable bonds is 5. The maximum atomic E-state index is 12.4. The number of nitrogens with one attached hydrogen (secondary N) is 1. The fourth-order valence-electron chi connectivity index (χ4n) is 2.57. The summed E-state index contributed by atoms with van der Waals surface area (Å²) < 4.78 is 5.74. The molecule has 1 atom stereocenters. The van der Waals surface area contributed by atoms with Crippen molar-refractivity contribution in [2.75, 3.05) is 25.0 Å². The van der Waals surface area contributed by atoms with Crippen LogP contribution < -0.4 is 5.32 Å². The number of hydrogen-bond acceptors (Lipinski definition) is 3. The molecule has 2 rings (SSSR count). The zero-order valence-electron chi connectivity index (χ0n) is 13.0. The molecule has 5 heteroatoms. The van der Waals surface area contributed by atoms with Gasteiger partial charge in [-0.2, -0.15) is 0 Å². The molecular weight excluding hydrogens is 266 g/mol. The summed E-state index contributed by atoms with van der Waals surface area (Å²) in [6.07, 6.45) is 7.92. The number of aromatic nitrogens is 1. The molecular formula is C16H25N3O2. The Balaban J connectivity index is 1.94. The van der Waals surface area contributed by atoms with Gasteiger partial charge in [-0.15, -0.1) is 0 Å². The van der Waals surface area contributed by atoms with Crippen LogP contribution in [0.25, 0.3) is 0 Å². The molecule has 0 unspecified atom stereocenters. The number of hydrogen-bond donors (Lipinski definition) is 1. The average molecular weight is 291 g/mol. The Morgan fingerprint density at radius 3 is 3.00 bits per heavy atom. The second kappa shape index (κ2) is 7.98. The summed E-state index contributed by atoms with van der Waals surface area (Å²) in [6.45, 7) is 6.26. The van der Waals surface area contributed by atoms with E-state index in [1.807, 2.05) is 17.9 Å². The van der Waals surface area contributed by atoms with E-state index in [4.69, 9.17) is 4.74 Å². The summed E-state index contributed by atoms with van der Waals surface area (Å²) in [5.41, 5.74) is 1.77. The summed E-state index contributed by atoms with van der Waals surface area (Å²) in [4.78, 5) is 18.4. The van der Waals surface area contributed by atoms with Gasteiger partial charge in [-0.3, -0.25) is 4.98 Å². The fraction of sp³-hybridized carbons (Fsp3) is 0.625. The lowest BCUT2D eigenvalue weighted by Crippen LogP contribution is -2.42. The van der Waals surface area contributed by atoms with Gasteiger partial charge in [-0.25, -0.2) is 4.79 Å². The van der Waals surface area contributed by atoms with E-state index >= 15 is 0 Å². The molecule has 1 N–H and O–H groups in total. The first-order valence-electron chi connectivity index (χ1n) is 7.78. The van der Waals surface area contributed by atoms with Gasteiger partial charge in [-0.1, -0.05) is 6.92 Å². The number of ether oxygens (including phenoxy) is 1. The van der Waals surface area contributed by atoms with E-state index in [-0.39, 0.29) is 12.1 Å². The van der Waals surface area contributed by atoms with Crippen LogP contribution in [0.4, 0.5) is 10.5 Å². The maximum absolute atomic E-state index is 12.4. The van der Waals surface area contributed by atoms with Crippen LogP contribution in [0.15, 0.2) is 18.5 Å². The normalized spacial score (nSPS) is 18.3. The molecule has 0 aliphatic carbocycles. The van der Waals surface area contributed by atoms with Crippen LogP contribution in [0, 0.1) is 6.92 Å². The van der Waals surface area contributed by atoms with Crippen LogP contribution in [-0.2, 0) is 4.74 Å². The van der Waals surface area contributed by atoms with Gasteiger partial charge in [0.25, 0.3) is 0 Å². The number of nitrogens with zero attached hydrogens (tertiary/aromatic N) is 2. The van der Waals surface area contributed by atoms with Crippen LogP contribution in [-0.4, -0.2) is 41.7 Å². The first-order chi connectivity index (χ1) is 10.2. The third-order valence-electron chi connectivity index (χ3n) is 3.60. The van der Waals surface area contributed by atoms with Crippen molar-refractivity contribution in [3.8, 4) is 0 Å². The smallest absolute Gasteiger partial charge is 0.321 e. The molecule has 1 saturated heterocycles. The molecule has 0 aromatic carbocycles. The highest BCUT2D eigenvalue weighted by Gasteiger charge is 2.21. The Morgan fingerprint density at radius 1 is 1.48 bits per heavy atom. The predicted octanol–water partition coefficient (Wildman–Crippen LogP) is 3.20. The van der Waals surface area contributed by atoms with Crippen molar-refractivity contribution >= 4 is 11.7 Å². The Labute approximate surface area is 126 Å². The van der Waals surface area contributed by atoms with Gasteiger partial charge in [0.1, 0.15) is 0 Å². The molecule has 1 aromatic heterocycles. The minimum atomic E-state index is -0.0709. The zero-order chi connectivity index (χ0) is 15.1. The second-order valence-corrected chi connectivity index (χ2v) is 5.62. The third-order valence-corrected chi connectivity index (χ3v) is 3.60. The van der Waals surface area contributed by atoms with Crippen LogP contribution in [0.2, 0.25) is 0 Å². The van der Waals surface area contributed by atoms with E-state index in [9.17, 15) is 4.79 Å². The average Bonchev–Trinajstić information content (AvgIpc) is 2.48. The lowest BCUT2D eigenvalue weighted by atomic mass is 10.1. The molecule has 21 heavy (non-hydrogen) atoms. The van der Waals surface area contributed by atoms with Gasteiger partial charge in [0.05, 0.1) is 18.0 Å². The van der Waals surface area contributed by atoms with Crippen molar-refractivity contribution in [1.82, 2.24) is 9.88 Å². The minimum absolute atomic E-state index is 0.0709. The van der Waals surface area contributed by atoms with E-state index in [0.29, 0.717) is 6.54 Å². The van der Waals surface area contributed by atoms with E-state index < -0.39 is 0 Å². The molecule has 1 fully saturated rings. The zero-order valence-corrected chi connectivity index (χ0v) is 13.0. The van der Waals surface area contributed by atoms with E-state index in [1.54, 1.807) is 12.4 Å². The Kier molecular flexibility index (Phi) is 5.99. The van der Waals surface area contributed by atoms with Crippen LogP contribution >= 0.6 is 0 Å². The molecule has 0 saturated carbocycles. The van der Waals surface area contributed by atoms with E-state index in [0.717, 1.165) is 43.7 Å². The number of carbonyl (C=O) groups excluding carboxylic acids is 1. The van der Waals surface area contributed by atoms with Crippen LogP contribution in [0.1, 0.15) is 38.2 Å². The van der Waals surface area contributed by atoms with Crippen molar-refractivity contribution in [1.29, 1.82) is 0 Å². The highest BCUT2D eigenvalue weighted by molar-refractivity contribution is 5.89. The lowest BCUT2D eigenvalue weighted by Gasteiger charge is -2.29. The van der Waals surface area contributed by atoms with Gasteiger partial charge in [-0.05, 0) is 44.2 Å². The Morgan fingerprint density at radius 2 is 2.33 bits per heavy atom. The number of aryl methyl sites for hydroxylation is 1. The summed E-state index contributed by atoms with van der Waals surface area (Å²) in [7, 11) is 0. The summed E-state index contributed by atoms with van der Waals surface area (Å²) in [5, 5.41) is 2.93. The van der Waals surface area contributed by atoms with Gasteiger partial charge in [0.2, 0.25) is 0 Å². The van der Waals surface area contributed by atoms with Crippen LogP contribution in [0.3, 0.4) is 0 Å². The number of pyridine rings is 1. The minimum Gasteiger partial charge on any atom is -0.376 e. The first-order valence-corrected chi connectivity index (χ1v) is 7.78. The molecule has 116 valence electrons. The first kappa shape index (κ1) is 15.8. The molecule has 0 bridgehead atoms. The summed E-state index contributed by atoms with van der Waals surface area (Å²) in [6, 6.07) is 1.85. The Hall–Kier alpha value is -1.62. The molecule has 5 nitrogen and oxygen atoms in total. The summed E-state index contributed by atoms with van der Waals surface area (Å²) >= 11 is 0. The second-order valence-electron chi connectivity index (χ2n) is 5.62. The third kappa shape index (κ3) is 5.01. The maximum Gasteiger partial charge on any atom is 0.321 e. The standard InChI is InChI=1S/C16H25N3O2/c1-3-7-19(12-15-6-4-5-8-21-15)16(20)18-14-9-13(2)10-17-11-14/h9-11,15H,3-8,12H2,1-2H3,(H,18,20)/t15-/m0/s1. The number of anilines is 1. The van der Waals surface area contributed by atoms with Gasteiger partial charge >= 0.3 is 6.03 Å². The molecule has 0 spiro atoms. The van der Waals surface area contributed by atoms with Crippen LogP contribution in [0.5, 0.6) is 0 Å². The molecule has 2 amide bonds. The fourth-order valence-corrected chi connectivity index (χ4v) is 2.57. The summed E-state index contributed by atoms with van der Waals surface area (Å²) in [5.74, 6) is 0. The largest absolute Gasteiger partial charge is 0.376 e. The van der Waals surface area contributed by atoms with E-state index in [2.05, 4.69) is 17.2 Å². The molecule has 1 aliphatic heterocycles. The highest BCUT2D eigenvalue weighted by Crippen LogP contribution is 2.15. The van der Waals surface area contributed by atoms with Gasteiger partial charge in [0, 0.05) is 25.9 Å². The molecule has 1 aromatic rings. The monoisotopic (exact) mass is 291 g/mol. The number of urea groups is 1. The molecule has 1 aliphatic rings. The number of amides is 2. The number of carbonyl (C=O) groups is 1. The highest BCUT2D eigenvalue weighted by atomic mass is 16.5. The lowest BCUT2D eigenvalue weighted by molar-refractivity contribution is 0.00161. The van der Waals surface area contributed by atoms with Crippen molar-refractivity contribution in [2.24, 2.45) is 0 Å². The molecule has 0 radical (unpaired) electrons. The van der Waals surface area contributed by atoms with Crippen molar-refractivity contribution < 1.29 is 9.53 Å². The predicted molar refractivity (Wildman–Crippen MR) is 83.4 cm³/mol. The van der Waals surface area contributed by atoms with E-state index in [1.165, 1.54) is 6.42 Å². The van der Waals surface area contributed by atoms with Crippen molar-refractivity contribution in [3.05, 3.63) is 24.0 Å². The topological polar surface area (TPSA) is 54.5 Å².